The van der Waals surface area contributed by atoms with Gasteiger partial charge in [0.15, 0.2) is 0 Å². The lowest BCUT2D eigenvalue weighted by atomic mass is 9.87. The van der Waals surface area contributed by atoms with Gasteiger partial charge in [0.2, 0.25) is 11.8 Å². The largest absolute Gasteiger partial charge is 0.457 e. The number of para-hydroxylation sites is 2. The van der Waals surface area contributed by atoms with Crippen molar-refractivity contribution < 1.29 is 13.9 Å². The topological polar surface area (TPSA) is 77.2 Å². The summed E-state index contributed by atoms with van der Waals surface area (Å²) in [5.41, 5.74) is 3.85. The average molecular weight is 397 g/mol. The fourth-order valence-electron chi connectivity index (χ4n) is 3.63. The zero-order valence-electron chi connectivity index (χ0n) is 16.3. The van der Waals surface area contributed by atoms with Gasteiger partial charge in [-0.1, -0.05) is 71.3 Å². The van der Waals surface area contributed by atoms with Crippen LogP contribution >= 0.6 is 0 Å². The van der Waals surface area contributed by atoms with Crippen LogP contribution in [0.4, 0.5) is 6.01 Å². The van der Waals surface area contributed by atoms with Crippen molar-refractivity contribution in [2.75, 3.05) is 5.32 Å². The van der Waals surface area contributed by atoms with Crippen LogP contribution in [0.1, 0.15) is 34.1 Å². The fourth-order valence-corrected chi connectivity index (χ4v) is 3.63. The van der Waals surface area contributed by atoms with Gasteiger partial charge < -0.3 is 9.15 Å². The summed E-state index contributed by atoms with van der Waals surface area (Å²) in [4.78, 5) is 13.2. The van der Waals surface area contributed by atoms with Gasteiger partial charge in [-0.2, -0.15) is 0 Å². The zero-order valence-corrected chi connectivity index (χ0v) is 16.3. The highest BCUT2D eigenvalue weighted by atomic mass is 16.5. The molecular weight excluding hydrogens is 378 g/mol. The van der Waals surface area contributed by atoms with Gasteiger partial charge in [-0.25, -0.2) is 0 Å². The summed E-state index contributed by atoms with van der Waals surface area (Å²) in [6.07, 6.45) is 0.506. The van der Waals surface area contributed by atoms with Gasteiger partial charge in [0, 0.05) is 11.1 Å². The zero-order chi connectivity index (χ0) is 20.5. The summed E-state index contributed by atoms with van der Waals surface area (Å²) in [7, 11) is 0. The van der Waals surface area contributed by atoms with Crippen LogP contribution in [0.2, 0.25) is 0 Å². The first kappa shape index (κ1) is 18.1. The van der Waals surface area contributed by atoms with Crippen LogP contribution in [0.15, 0.2) is 77.2 Å². The molecule has 0 saturated carbocycles. The summed E-state index contributed by atoms with van der Waals surface area (Å²) in [5.74, 6) is 1.01. The van der Waals surface area contributed by atoms with Gasteiger partial charge in [-0.15, -0.1) is 5.10 Å². The molecule has 0 bridgehead atoms. The Morgan fingerprint density at radius 1 is 0.900 bits per heavy atom. The van der Waals surface area contributed by atoms with Crippen molar-refractivity contribution in [3.8, 4) is 11.5 Å². The summed E-state index contributed by atoms with van der Waals surface area (Å²) in [5, 5.41) is 10.8. The Bertz CT molecular complexity index is 1170. The van der Waals surface area contributed by atoms with Crippen LogP contribution < -0.4 is 10.1 Å². The number of ether oxygens (including phenoxy) is 1. The second kappa shape index (κ2) is 7.48. The maximum atomic E-state index is 13.2. The third kappa shape index (κ3) is 3.43. The Kier molecular flexibility index (Phi) is 4.52. The smallest absolute Gasteiger partial charge is 0.322 e. The van der Waals surface area contributed by atoms with Gasteiger partial charge >= 0.3 is 6.01 Å². The number of nitrogens with zero attached hydrogens (tertiary/aromatic N) is 2. The molecule has 148 valence electrons. The average Bonchev–Trinajstić information content (AvgIpc) is 3.20. The van der Waals surface area contributed by atoms with E-state index in [1.807, 2.05) is 79.7 Å². The quantitative estimate of drug-likeness (QED) is 0.533. The van der Waals surface area contributed by atoms with Crippen LogP contribution in [0, 0.1) is 6.92 Å². The maximum absolute atomic E-state index is 13.2. The number of carbonyl (C=O) groups excluding carboxylic acids is 1. The maximum Gasteiger partial charge on any atom is 0.322 e. The number of hydrogen-bond acceptors (Lipinski definition) is 5. The second-order valence-corrected chi connectivity index (χ2v) is 7.26. The normalized spacial score (nSPS) is 12.6. The molecule has 3 aromatic carbocycles. The number of aryl methyl sites for hydroxylation is 1. The van der Waals surface area contributed by atoms with Crippen molar-refractivity contribution in [3.05, 3.63) is 101 Å². The first-order chi connectivity index (χ1) is 14.7. The van der Waals surface area contributed by atoms with Gasteiger partial charge in [0.1, 0.15) is 11.5 Å². The van der Waals surface area contributed by atoms with Crippen molar-refractivity contribution in [1.82, 2.24) is 10.2 Å². The monoisotopic (exact) mass is 397 g/mol. The number of amides is 1. The molecule has 1 aliphatic rings. The van der Waals surface area contributed by atoms with Crippen molar-refractivity contribution in [2.45, 2.75) is 19.3 Å². The minimum Gasteiger partial charge on any atom is -0.457 e. The molecule has 0 aliphatic carbocycles. The number of carbonyl (C=O) groups is 1. The molecule has 1 aromatic heterocycles. The van der Waals surface area contributed by atoms with Crippen LogP contribution in [-0.2, 0) is 11.2 Å². The summed E-state index contributed by atoms with van der Waals surface area (Å²) in [6.45, 7) is 2.04. The molecule has 1 N–H and O–H groups in total. The predicted molar refractivity (Wildman–Crippen MR) is 112 cm³/mol. The Morgan fingerprint density at radius 3 is 2.20 bits per heavy atom. The number of nitrogens with one attached hydrogen (secondary N) is 1. The van der Waals surface area contributed by atoms with Gasteiger partial charge in [-0.3, -0.25) is 10.1 Å². The molecule has 0 radical (unpaired) electrons. The third-order valence-corrected chi connectivity index (χ3v) is 5.12. The lowest BCUT2D eigenvalue weighted by molar-refractivity contribution is -0.117. The van der Waals surface area contributed by atoms with Crippen LogP contribution in [0.25, 0.3) is 0 Å². The second-order valence-electron chi connectivity index (χ2n) is 7.26. The number of benzene rings is 3. The van der Waals surface area contributed by atoms with Crippen LogP contribution in [0.5, 0.6) is 11.5 Å². The SMILES string of the molecule is Cc1ccc(Cc2nnc(NC(=O)C3c4ccccc4Oc4ccccc43)o2)cc1. The summed E-state index contributed by atoms with van der Waals surface area (Å²) in [6, 6.07) is 23.3. The van der Waals surface area contributed by atoms with E-state index in [1.165, 1.54) is 5.56 Å². The van der Waals surface area contributed by atoms with Crippen molar-refractivity contribution in [1.29, 1.82) is 0 Å². The number of anilines is 1. The fraction of sp³-hybridized carbons (Fsp3) is 0.125. The van der Waals surface area contributed by atoms with Gasteiger partial charge in [-0.05, 0) is 24.6 Å². The molecule has 2 heterocycles. The molecule has 1 aliphatic heterocycles. The first-order valence-electron chi connectivity index (χ1n) is 9.72. The first-order valence-corrected chi connectivity index (χ1v) is 9.72. The Hall–Kier alpha value is -3.93. The van der Waals surface area contributed by atoms with Gasteiger partial charge in [0.25, 0.3) is 0 Å². The highest BCUT2D eigenvalue weighted by Crippen LogP contribution is 2.44. The molecule has 1 amide bonds. The van der Waals surface area contributed by atoms with E-state index in [0.29, 0.717) is 23.8 Å². The number of aromatic nitrogens is 2. The molecular formula is C24H19N3O3. The minimum absolute atomic E-state index is 0.0866. The Labute approximate surface area is 173 Å². The molecule has 0 saturated heterocycles. The predicted octanol–water partition coefficient (Wildman–Crippen LogP) is 4.85. The third-order valence-electron chi connectivity index (χ3n) is 5.12. The van der Waals surface area contributed by atoms with Crippen molar-refractivity contribution in [2.24, 2.45) is 0 Å². The van der Waals surface area contributed by atoms with E-state index in [0.717, 1.165) is 16.7 Å². The summed E-state index contributed by atoms with van der Waals surface area (Å²) < 4.78 is 11.6. The molecule has 4 aromatic rings. The van der Waals surface area contributed by atoms with Gasteiger partial charge in [0.05, 0.1) is 12.3 Å². The summed E-state index contributed by atoms with van der Waals surface area (Å²) >= 11 is 0. The van der Waals surface area contributed by atoms with Crippen LogP contribution in [0.3, 0.4) is 0 Å². The Balaban J connectivity index is 1.39. The molecule has 0 spiro atoms. The molecule has 6 heteroatoms. The lowest BCUT2D eigenvalue weighted by Crippen LogP contribution is -2.25. The van der Waals surface area contributed by atoms with E-state index in [1.54, 1.807) is 0 Å². The lowest BCUT2D eigenvalue weighted by Gasteiger charge is -2.26. The molecule has 0 unspecified atom stereocenters. The molecule has 30 heavy (non-hydrogen) atoms. The van der Waals surface area contributed by atoms with Crippen molar-refractivity contribution in [3.63, 3.8) is 0 Å². The number of hydrogen-bond donors (Lipinski definition) is 1. The molecule has 5 rings (SSSR count). The van der Waals surface area contributed by atoms with E-state index < -0.39 is 5.92 Å². The van der Waals surface area contributed by atoms with E-state index in [9.17, 15) is 4.79 Å². The van der Waals surface area contributed by atoms with Crippen molar-refractivity contribution >= 4 is 11.9 Å². The van der Waals surface area contributed by atoms with E-state index in [-0.39, 0.29) is 11.9 Å². The minimum atomic E-state index is -0.529. The Morgan fingerprint density at radius 2 is 1.53 bits per heavy atom. The van der Waals surface area contributed by atoms with E-state index in [4.69, 9.17) is 9.15 Å². The molecule has 0 fully saturated rings. The van der Waals surface area contributed by atoms with E-state index >= 15 is 0 Å². The molecule has 6 nitrogen and oxygen atoms in total. The highest BCUT2D eigenvalue weighted by molar-refractivity contribution is 5.98. The molecule has 0 atom stereocenters. The number of rotatable bonds is 4. The number of fused-ring (bicyclic) bond motifs is 2. The standard InChI is InChI=1S/C24H19N3O3/c1-15-10-12-16(13-11-15)14-21-26-27-24(30-21)25-23(28)22-17-6-2-4-8-19(17)29-20-9-5-3-7-18(20)22/h2-13,22H,14H2,1H3,(H,25,27,28). The van der Waals surface area contributed by atoms with E-state index in [2.05, 4.69) is 15.5 Å². The van der Waals surface area contributed by atoms with Crippen LogP contribution in [-0.4, -0.2) is 16.1 Å². The highest BCUT2D eigenvalue weighted by Gasteiger charge is 2.33.